The molecule has 1 fully saturated rings. The molecule has 2 aliphatic heterocycles. The van der Waals surface area contributed by atoms with E-state index in [2.05, 4.69) is 21.4 Å². The van der Waals surface area contributed by atoms with E-state index in [1.54, 1.807) is 0 Å². The average molecular weight is 288 g/mol. The molecule has 0 radical (unpaired) electrons. The molecule has 0 unspecified atom stereocenters. The van der Waals surface area contributed by atoms with Gasteiger partial charge >= 0.3 is 6.18 Å². The molecular weight excluding hydrogens is 269 g/mol. The fourth-order valence-corrected chi connectivity index (χ4v) is 2.98. The summed E-state index contributed by atoms with van der Waals surface area (Å²) in [5, 5.41) is 7.81. The number of alkyl halides is 3. The second kappa shape index (κ2) is 5.37. The Morgan fingerprint density at radius 3 is 2.65 bits per heavy atom. The molecule has 1 N–H and O–H groups in total. The first-order chi connectivity index (χ1) is 9.52. The van der Waals surface area contributed by atoms with E-state index in [-0.39, 0.29) is 12.8 Å². The van der Waals surface area contributed by atoms with Crippen molar-refractivity contribution in [2.24, 2.45) is 5.92 Å². The Kier molecular flexibility index (Phi) is 3.72. The zero-order valence-corrected chi connectivity index (χ0v) is 11.3. The number of piperidine rings is 1. The van der Waals surface area contributed by atoms with Crippen molar-refractivity contribution in [3.63, 3.8) is 0 Å². The molecule has 4 nitrogen and oxygen atoms in total. The Morgan fingerprint density at radius 1 is 1.25 bits per heavy atom. The maximum Gasteiger partial charge on any atom is 0.391 e. The van der Waals surface area contributed by atoms with E-state index in [1.807, 2.05) is 4.68 Å². The maximum atomic E-state index is 12.6. The molecule has 1 aromatic rings. The molecule has 2 aliphatic rings. The monoisotopic (exact) mass is 288 g/mol. The molecule has 112 valence electrons. The lowest BCUT2D eigenvalue weighted by Crippen LogP contribution is -2.38. The first kappa shape index (κ1) is 13.9. The molecule has 0 spiro atoms. The molecule has 1 aromatic heterocycles. The molecule has 20 heavy (non-hydrogen) atoms. The molecule has 0 amide bonds. The van der Waals surface area contributed by atoms with Crippen LogP contribution in [0.4, 0.5) is 13.2 Å². The number of nitrogens with one attached hydrogen (secondary N) is 1. The van der Waals surface area contributed by atoms with Gasteiger partial charge in [-0.25, -0.2) is 0 Å². The van der Waals surface area contributed by atoms with Crippen molar-refractivity contribution in [3.8, 4) is 0 Å². The standard InChI is InChI=1S/C13H19F3N4/c14-13(15,16)10-1-4-19(5-2-10)9-11-7-12-8-17-3-6-20(12)18-11/h7,10,17H,1-6,8-9H2. The number of nitrogens with zero attached hydrogens (tertiary/aromatic N) is 3. The Morgan fingerprint density at radius 2 is 2.00 bits per heavy atom. The van der Waals surface area contributed by atoms with Crippen LogP contribution in [0.15, 0.2) is 6.07 Å². The zero-order chi connectivity index (χ0) is 14.2. The number of rotatable bonds is 2. The summed E-state index contributed by atoms with van der Waals surface area (Å²) < 4.78 is 39.8. The molecule has 0 aromatic carbocycles. The normalized spacial score (nSPS) is 21.9. The van der Waals surface area contributed by atoms with Crippen molar-refractivity contribution in [1.29, 1.82) is 0 Å². The topological polar surface area (TPSA) is 33.1 Å². The van der Waals surface area contributed by atoms with Crippen molar-refractivity contribution in [1.82, 2.24) is 20.0 Å². The van der Waals surface area contributed by atoms with Crippen LogP contribution in [0, 0.1) is 5.92 Å². The van der Waals surface area contributed by atoms with Crippen molar-refractivity contribution >= 4 is 0 Å². The van der Waals surface area contributed by atoms with E-state index < -0.39 is 12.1 Å². The summed E-state index contributed by atoms with van der Waals surface area (Å²) in [5.74, 6) is -1.13. The maximum absolute atomic E-state index is 12.6. The van der Waals surface area contributed by atoms with Gasteiger partial charge in [-0.2, -0.15) is 18.3 Å². The fraction of sp³-hybridized carbons (Fsp3) is 0.769. The van der Waals surface area contributed by atoms with E-state index in [1.165, 1.54) is 0 Å². The van der Waals surface area contributed by atoms with Gasteiger partial charge in [0.1, 0.15) is 0 Å². The highest BCUT2D eigenvalue weighted by atomic mass is 19.4. The summed E-state index contributed by atoms with van der Waals surface area (Å²) in [5.41, 5.74) is 2.13. The molecular formula is C13H19F3N4. The van der Waals surface area contributed by atoms with E-state index in [0.717, 1.165) is 31.0 Å². The van der Waals surface area contributed by atoms with Crippen LogP contribution in [-0.2, 0) is 19.6 Å². The number of aromatic nitrogens is 2. The molecule has 0 bridgehead atoms. The van der Waals surface area contributed by atoms with E-state index in [9.17, 15) is 13.2 Å². The predicted octanol–water partition coefficient (Wildman–Crippen LogP) is 1.76. The van der Waals surface area contributed by atoms with E-state index >= 15 is 0 Å². The fourth-order valence-electron chi connectivity index (χ4n) is 2.98. The first-order valence-electron chi connectivity index (χ1n) is 7.08. The van der Waals surface area contributed by atoms with Crippen molar-refractivity contribution in [3.05, 3.63) is 17.5 Å². The Bertz CT molecular complexity index is 437. The van der Waals surface area contributed by atoms with Crippen LogP contribution < -0.4 is 5.32 Å². The zero-order valence-electron chi connectivity index (χ0n) is 11.3. The smallest absolute Gasteiger partial charge is 0.309 e. The molecule has 0 aliphatic carbocycles. The summed E-state index contributed by atoms with van der Waals surface area (Å²) in [4.78, 5) is 2.07. The van der Waals surface area contributed by atoms with Crippen molar-refractivity contribution in [2.75, 3.05) is 19.6 Å². The molecule has 3 rings (SSSR count). The quantitative estimate of drug-likeness (QED) is 0.900. The Balaban J connectivity index is 1.56. The highest BCUT2D eigenvalue weighted by Crippen LogP contribution is 2.34. The van der Waals surface area contributed by atoms with E-state index in [4.69, 9.17) is 0 Å². The number of hydrogen-bond donors (Lipinski definition) is 1. The number of likely N-dealkylation sites (tertiary alicyclic amines) is 1. The minimum absolute atomic E-state index is 0.207. The molecule has 1 saturated heterocycles. The van der Waals surface area contributed by atoms with Crippen LogP contribution in [0.2, 0.25) is 0 Å². The average Bonchev–Trinajstić information content (AvgIpc) is 2.80. The van der Waals surface area contributed by atoms with Crippen LogP contribution in [-0.4, -0.2) is 40.5 Å². The van der Waals surface area contributed by atoms with Crippen LogP contribution in [0.25, 0.3) is 0 Å². The summed E-state index contributed by atoms with van der Waals surface area (Å²) in [7, 11) is 0. The molecule has 3 heterocycles. The SMILES string of the molecule is FC(F)(F)C1CCN(Cc2cc3n(n2)CCNC3)CC1. The minimum Gasteiger partial charge on any atom is -0.309 e. The van der Waals surface area contributed by atoms with Crippen molar-refractivity contribution < 1.29 is 13.2 Å². The molecule has 7 heteroatoms. The third-order valence-electron chi connectivity index (χ3n) is 4.16. The number of fused-ring (bicyclic) bond motifs is 1. The third-order valence-corrected chi connectivity index (χ3v) is 4.16. The summed E-state index contributed by atoms with van der Waals surface area (Å²) in [6.45, 7) is 4.28. The minimum atomic E-state index is -4.04. The van der Waals surface area contributed by atoms with E-state index in [0.29, 0.717) is 19.6 Å². The van der Waals surface area contributed by atoms with Gasteiger partial charge in [-0.05, 0) is 32.0 Å². The largest absolute Gasteiger partial charge is 0.391 e. The second-order valence-electron chi connectivity index (χ2n) is 5.62. The summed E-state index contributed by atoms with van der Waals surface area (Å²) in [6.07, 6.45) is -3.62. The Hall–Kier alpha value is -1.08. The lowest BCUT2D eigenvalue weighted by molar-refractivity contribution is -0.185. The van der Waals surface area contributed by atoms with Gasteiger partial charge in [-0.3, -0.25) is 9.58 Å². The van der Waals surface area contributed by atoms with Gasteiger partial charge in [0, 0.05) is 19.6 Å². The van der Waals surface area contributed by atoms with Gasteiger partial charge in [-0.1, -0.05) is 0 Å². The molecule has 0 atom stereocenters. The molecule has 0 saturated carbocycles. The Labute approximate surface area is 115 Å². The number of halogens is 3. The second-order valence-corrected chi connectivity index (χ2v) is 5.62. The lowest BCUT2D eigenvalue weighted by atomic mass is 9.96. The van der Waals surface area contributed by atoms with Crippen LogP contribution in [0.1, 0.15) is 24.2 Å². The highest BCUT2D eigenvalue weighted by molar-refractivity contribution is 5.11. The van der Waals surface area contributed by atoms with Crippen LogP contribution in [0.5, 0.6) is 0 Å². The third kappa shape index (κ3) is 2.98. The first-order valence-corrected chi connectivity index (χ1v) is 7.08. The predicted molar refractivity (Wildman–Crippen MR) is 68.0 cm³/mol. The van der Waals surface area contributed by atoms with Gasteiger partial charge in [0.2, 0.25) is 0 Å². The highest BCUT2D eigenvalue weighted by Gasteiger charge is 2.41. The number of hydrogen-bond acceptors (Lipinski definition) is 3. The van der Waals surface area contributed by atoms with Gasteiger partial charge in [0.05, 0.1) is 23.9 Å². The van der Waals surface area contributed by atoms with Crippen LogP contribution in [0.3, 0.4) is 0 Å². The van der Waals surface area contributed by atoms with Gasteiger partial charge < -0.3 is 5.32 Å². The van der Waals surface area contributed by atoms with Gasteiger partial charge in [-0.15, -0.1) is 0 Å². The lowest BCUT2D eigenvalue weighted by Gasteiger charge is -2.32. The van der Waals surface area contributed by atoms with Crippen LogP contribution >= 0.6 is 0 Å². The van der Waals surface area contributed by atoms with Gasteiger partial charge in [0.25, 0.3) is 0 Å². The van der Waals surface area contributed by atoms with Crippen molar-refractivity contribution in [2.45, 2.75) is 38.7 Å². The van der Waals surface area contributed by atoms with Gasteiger partial charge in [0.15, 0.2) is 0 Å². The summed E-state index contributed by atoms with van der Waals surface area (Å²) in [6, 6.07) is 2.06. The summed E-state index contributed by atoms with van der Waals surface area (Å²) >= 11 is 0.